The largest absolute Gasteiger partial charge is 0.390 e. The molecule has 0 amide bonds. The molecule has 4 fully saturated rings. The highest BCUT2D eigenvalue weighted by atomic mass is 16.5. The summed E-state index contributed by atoms with van der Waals surface area (Å²) >= 11 is 0. The maximum absolute atomic E-state index is 12.2. The molecule has 0 radical (unpaired) electrons. The average Bonchev–Trinajstić information content (AvgIpc) is 3.03. The number of aliphatic hydroxyl groups is 3. The molecular formula is C25H39N3O4. The van der Waals surface area contributed by atoms with Gasteiger partial charge in [0.2, 0.25) is 0 Å². The lowest BCUT2D eigenvalue weighted by Gasteiger charge is -2.60. The number of allylic oxidation sites excluding steroid dienone is 1. The van der Waals surface area contributed by atoms with Gasteiger partial charge < -0.3 is 30.9 Å². The summed E-state index contributed by atoms with van der Waals surface area (Å²) in [5, 5.41) is 50.7. The first-order valence-electron chi connectivity index (χ1n) is 12.4. The van der Waals surface area contributed by atoms with E-state index in [0.717, 1.165) is 56.9 Å². The molecule has 3 saturated carbocycles. The molecule has 0 spiro atoms. The molecule has 1 saturated heterocycles. The first-order valence-corrected chi connectivity index (χ1v) is 12.4. The number of hydrogen-bond acceptors (Lipinski definition) is 7. The van der Waals surface area contributed by atoms with Crippen molar-refractivity contribution < 1.29 is 20.1 Å². The molecule has 0 bridgehead atoms. The molecule has 8 atom stereocenters. The van der Waals surface area contributed by atoms with Crippen LogP contribution >= 0.6 is 0 Å². The van der Waals surface area contributed by atoms with Gasteiger partial charge in [0.15, 0.2) is 0 Å². The fourth-order valence-electron chi connectivity index (χ4n) is 8.09. The molecule has 32 heavy (non-hydrogen) atoms. The van der Waals surface area contributed by atoms with Gasteiger partial charge in [-0.2, -0.15) is 0 Å². The Balaban J connectivity index is 1.44. The molecule has 0 aromatic rings. The zero-order valence-corrected chi connectivity index (χ0v) is 19.4. The van der Waals surface area contributed by atoms with Crippen LogP contribution in [0.5, 0.6) is 0 Å². The third-order valence-electron chi connectivity index (χ3n) is 10.1. The first kappa shape index (κ1) is 22.7. The van der Waals surface area contributed by atoms with Gasteiger partial charge in [-0.1, -0.05) is 13.8 Å². The second-order valence-electron chi connectivity index (χ2n) is 11.6. The van der Waals surface area contributed by atoms with Gasteiger partial charge in [0.25, 0.3) is 0 Å². The second kappa shape index (κ2) is 7.70. The summed E-state index contributed by atoms with van der Waals surface area (Å²) in [7, 11) is 0. The van der Waals surface area contributed by atoms with Gasteiger partial charge in [0.1, 0.15) is 0 Å². The van der Waals surface area contributed by atoms with Crippen LogP contribution in [-0.4, -0.2) is 82.3 Å². The zero-order valence-electron chi connectivity index (χ0n) is 19.4. The van der Waals surface area contributed by atoms with E-state index in [4.69, 9.17) is 15.6 Å². The number of morpholine rings is 1. The van der Waals surface area contributed by atoms with Crippen LogP contribution in [-0.2, 0) is 4.74 Å². The van der Waals surface area contributed by atoms with Crippen LogP contribution in [0.3, 0.4) is 0 Å². The van der Waals surface area contributed by atoms with E-state index in [9.17, 15) is 15.3 Å². The van der Waals surface area contributed by atoms with Crippen molar-refractivity contribution in [3.63, 3.8) is 0 Å². The molecule has 5 aliphatic rings. The summed E-state index contributed by atoms with van der Waals surface area (Å²) in [5.41, 5.74) is 0.412. The predicted molar refractivity (Wildman–Crippen MR) is 122 cm³/mol. The van der Waals surface area contributed by atoms with Crippen molar-refractivity contribution in [2.45, 2.75) is 70.2 Å². The molecule has 5 N–H and O–H groups in total. The number of ether oxygens (including phenoxy) is 1. The highest BCUT2D eigenvalue weighted by Gasteiger charge is 2.66. The van der Waals surface area contributed by atoms with Gasteiger partial charge in [-0.05, 0) is 61.5 Å². The van der Waals surface area contributed by atoms with E-state index in [1.165, 1.54) is 0 Å². The Morgan fingerprint density at radius 2 is 1.84 bits per heavy atom. The summed E-state index contributed by atoms with van der Waals surface area (Å²) in [4.78, 5) is 2.29. The molecular weight excluding hydrogens is 406 g/mol. The van der Waals surface area contributed by atoms with Crippen molar-refractivity contribution in [2.24, 2.45) is 28.6 Å². The van der Waals surface area contributed by atoms with E-state index in [1.54, 1.807) is 0 Å². The van der Waals surface area contributed by atoms with E-state index >= 15 is 0 Å². The maximum Gasteiger partial charge on any atom is 0.0923 e. The van der Waals surface area contributed by atoms with Gasteiger partial charge in [-0.25, -0.2) is 0 Å². The van der Waals surface area contributed by atoms with Crippen molar-refractivity contribution >= 4 is 11.4 Å². The molecule has 7 heteroatoms. The Morgan fingerprint density at radius 3 is 2.56 bits per heavy atom. The summed E-state index contributed by atoms with van der Waals surface area (Å²) in [6.07, 6.45) is 4.40. The number of fused-ring (bicyclic) bond motifs is 5. The Kier molecular flexibility index (Phi) is 5.45. The molecule has 1 aliphatic heterocycles. The van der Waals surface area contributed by atoms with E-state index in [2.05, 4.69) is 18.7 Å². The first-order chi connectivity index (χ1) is 15.1. The molecule has 178 valence electrons. The molecule has 5 rings (SSSR count). The third-order valence-corrected chi connectivity index (χ3v) is 10.1. The summed E-state index contributed by atoms with van der Waals surface area (Å²) < 4.78 is 5.45. The van der Waals surface area contributed by atoms with Crippen LogP contribution in [0.25, 0.3) is 0 Å². The van der Waals surface area contributed by atoms with Crippen LogP contribution < -0.4 is 0 Å². The Morgan fingerprint density at radius 1 is 1.12 bits per heavy atom. The number of hydrogen-bond donors (Lipinski definition) is 5. The van der Waals surface area contributed by atoms with Crippen molar-refractivity contribution in [2.75, 3.05) is 32.8 Å². The monoisotopic (exact) mass is 445 g/mol. The lowest BCUT2D eigenvalue weighted by Crippen LogP contribution is -2.61. The van der Waals surface area contributed by atoms with Crippen molar-refractivity contribution in [3.8, 4) is 0 Å². The van der Waals surface area contributed by atoms with Crippen LogP contribution in [0.2, 0.25) is 0 Å². The maximum atomic E-state index is 12.2. The average molecular weight is 446 g/mol. The van der Waals surface area contributed by atoms with E-state index in [1.807, 2.05) is 6.08 Å². The molecule has 1 unspecified atom stereocenters. The minimum atomic E-state index is -1.01. The molecule has 1 heterocycles. The Labute approximate surface area is 190 Å². The van der Waals surface area contributed by atoms with E-state index in [-0.39, 0.29) is 23.2 Å². The predicted octanol–water partition coefficient (Wildman–Crippen LogP) is 1.99. The molecule has 0 aromatic heterocycles. The topological polar surface area (TPSA) is 121 Å². The van der Waals surface area contributed by atoms with Gasteiger partial charge in [-0.15, -0.1) is 0 Å². The minimum Gasteiger partial charge on any atom is -0.390 e. The number of rotatable bonds is 3. The van der Waals surface area contributed by atoms with Crippen molar-refractivity contribution in [1.82, 2.24) is 4.90 Å². The SMILES string of the molecule is C[C@]12C[C@H](O)[C@H](O)C[C@H]1C(=N)C=C1C2CC[C@]2(C)[C@@H](C(=N)CN3CCOCC3)CC[C@@]12O. The normalized spacial score (nSPS) is 49.1. The second-order valence-corrected chi connectivity index (χ2v) is 11.6. The van der Waals surface area contributed by atoms with Crippen molar-refractivity contribution in [1.29, 1.82) is 10.8 Å². The van der Waals surface area contributed by atoms with Gasteiger partial charge in [0.05, 0.1) is 31.0 Å². The standard InChI is InChI=1S/C25H39N3O4/c1-23-13-22(30)21(29)12-18(23)19(26)11-17-15(23)3-5-24(2)16(4-6-25(17,24)31)20(27)14-28-7-9-32-10-8-28/h11,15-16,18,21-22,26-27,29-31H,3-10,12-14H2,1-2H3/t15?,16-,18+,21-,22+,23-,24-,25-/m1/s1. The quantitative estimate of drug-likeness (QED) is 0.426. The van der Waals surface area contributed by atoms with Gasteiger partial charge in [-0.3, -0.25) is 4.90 Å². The highest BCUT2D eigenvalue weighted by molar-refractivity contribution is 5.97. The highest BCUT2D eigenvalue weighted by Crippen LogP contribution is 2.67. The summed E-state index contributed by atoms with van der Waals surface area (Å²) in [5.74, 6) is 0.0594. The molecule has 0 aromatic carbocycles. The Bertz CT molecular complexity index is 839. The van der Waals surface area contributed by atoms with Crippen LogP contribution in [0.1, 0.15) is 52.4 Å². The number of nitrogens with zero attached hydrogens (tertiary/aromatic N) is 1. The fraction of sp³-hybridized carbons (Fsp3) is 0.840. The third kappa shape index (κ3) is 3.12. The van der Waals surface area contributed by atoms with Gasteiger partial charge in [0, 0.05) is 48.3 Å². The smallest absolute Gasteiger partial charge is 0.0923 e. The van der Waals surface area contributed by atoms with Crippen LogP contribution in [0.4, 0.5) is 0 Å². The lowest BCUT2D eigenvalue weighted by molar-refractivity contribution is -0.115. The lowest BCUT2D eigenvalue weighted by atomic mass is 9.46. The Hall–Kier alpha value is -1.12. The zero-order chi connectivity index (χ0) is 22.9. The van der Waals surface area contributed by atoms with Gasteiger partial charge >= 0.3 is 0 Å². The minimum absolute atomic E-state index is 0.0377. The van der Waals surface area contributed by atoms with E-state index in [0.29, 0.717) is 31.5 Å². The number of aliphatic hydroxyl groups excluding tert-OH is 2. The number of nitrogens with one attached hydrogen (secondary N) is 2. The molecule has 7 nitrogen and oxygen atoms in total. The van der Waals surface area contributed by atoms with E-state index < -0.39 is 23.2 Å². The summed E-state index contributed by atoms with van der Waals surface area (Å²) in [6.45, 7) is 8.10. The summed E-state index contributed by atoms with van der Waals surface area (Å²) in [6, 6.07) is 0. The van der Waals surface area contributed by atoms with Crippen LogP contribution in [0.15, 0.2) is 11.6 Å². The molecule has 4 aliphatic carbocycles. The van der Waals surface area contributed by atoms with Crippen molar-refractivity contribution in [3.05, 3.63) is 11.6 Å². The fourth-order valence-corrected chi connectivity index (χ4v) is 8.09. The van der Waals surface area contributed by atoms with Crippen LogP contribution in [0, 0.1) is 39.4 Å².